The van der Waals surface area contributed by atoms with Gasteiger partial charge in [-0.25, -0.2) is 0 Å². The van der Waals surface area contributed by atoms with Crippen molar-refractivity contribution in [3.8, 4) is 65.4 Å². The lowest BCUT2D eigenvalue weighted by atomic mass is 9.30. The molecule has 7 aliphatic rings. The second kappa shape index (κ2) is 19.0. The van der Waals surface area contributed by atoms with Gasteiger partial charge in [-0.1, -0.05) is 231 Å². The van der Waals surface area contributed by atoms with Gasteiger partial charge in [0.2, 0.25) is 0 Å². The summed E-state index contributed by atoms with van der Waals surface area (Å²) in [6.45, 7) is -0.199. The molecule has 21 rings (SSSR count). The minimum atomic E-state index is -0.0996. The highest BCUT2D eigenvalue weighted by Gasteiger charge is 2.55. The van der Waals surface area contributed by atoms with Crippen molar-refractivity contribution in [2.75, 3.05) is 43.5 Å². The van der Waals surface area contributed by atoms with Crippen molar-refractivity contribution in [3.63, 3.8) is 0 Å². The molecule has 0 amide bonds. The first kappa shape index (κ1) is 51.3. The summed E-state index contributed by atoms with van der Waals surface area (Å²) < 4.78 is 0. The first-order chi connectivity index (χ1) is 46.1. The molecular weight excluding hydrogens is 1150 g/mol. The van der Waals surface area contributed by atoms with Crippen LogP contribution in [0, 0.1) is 0 Å². The summed E-state index contributed by atoms with van der Waals surface area (Å²) in [5.74, 6) is 0. The summed E-state index contributed by atoms with van der Waals surface area (Å²) in [7, 11) is 4.56. The highest BCUT2D eigenvalue weighted by molar-refractivity contribution is 7.20. The fraction of sp³-hybridized carbons (Fsp3) is 0.0238. The van der Waals surface area contributed by atoms with Crippen molar-refractivity contribution >= 4 is 149 Å². The molecular formula is C84H54B2N6S. The van der Waals surface area contributed by atoms with Gasteiger partial charge >= 0.3 is 0 Å². The van der Waals surface area contributed by atoms with E-state index in [2.05, 4.69) is 335 Å². The molecule has 0 saturated carbocycles. The molecule has 0 fully saturated rings. The van der Waals surface area contributed by atoms with Crippen LogP contribution in [0.4, 0.5) is 91.0 Å². The topological polar surface area (TPSA) is 19.4 Å². The molecule has 8 heterocycles. The Hall–Kier alpha value is -11.5. The van der Waals surface area contributed by atoms with Gasteiger partial charge in [-0.2, -0.15) is 0 Å². The van der Waals surface area contributed by atoms with Crippen LogP contribution in [0.3, 0.4) is 0 Å². The standard InChI is InChI=1S/C84H54B2N6S/c1-87-69-43-21-37-61-77(69)89(71-49-57(51-25-9-3-10-26-51)47-59(75(71)87)53-29-13-5-14-30-53)65-39-23-41-67-73(65)85(61)63-45-46-64-80-79(63)91(67)81-82(84(56-35-19-8-20-36-56)93-83(81)55-33-17-7-18-34-55)92(80)68-42-24-40-66-74(68)86(64)62-38-22-44-70-78(62)90(66)72-50-58(52-27-11-4-12-28-52)48-60(76(72)88(70)2)54-31-15-6-16-32-54/h3-50H,1-2H3. The molecule has 0 atom stereocenters. The fourth-order valence-corrected chi connectivity index (χ4v) is 18.5. The zero-order valence-electron chi connectivity index (χ0n) is 51.0. The van der Waals surface area contributed by atoms with Gasteiger partial charge in [0, 0.05) is 48.0 Å². The number of nitrogens with zero attached hydrogens (tertiary/aromatic N) is 6. The predicted molar refractivity (Wildman–Crippen MR) is 395 cm³/mol. The lowest BCUT2D eigenvalue weighted by molar-refractivity contribution is 1.13. The van der Waals surface area contributed by atoms with E-state index in [0.29, 0.717) is 0 Å². The SMILES string of the molecule is CN1c2cccc3c2N(c2cccc4c2B3c2ccc3c5c2N4c2c(-c4ccccc4)sc(-c4ccccc4)c2N5c2cccc4c2B3c2cccc3c2N4c2cc(-c4ccccc4)cc(-c4ccccc4)c2N3C)c2cc(-c3ccccc3)cc(-c3ccccc3)c21. The molecule has 0 saturated heterocycles. The summed E-state index contributed by atoms with van der Waals surface area (Å²) in [6.07, 6.45) is 0. The average molecular weight is 1200 g/mol. The average Bonchev–Trinajstić information content (AvgIpc) is 1.55. The fourth-order valence-electron chi connectivity index (χ4n) is 17.2. The van der Waals surface area contributed by atoms with Crippen LogP contribution in [-0.2, 0) is 0 Å². The maximum Gasteiger partial charge on any atom is 0.252 e. The number of benzene rings is 13. The maximum absolute atomic E-state index is 2.74. The molecule has 14 aromatic rings. The molecule has 0 spiro atoms. The Bertz CT molecular complexity index is 5190. The van der Waals surface area contributed by atoms with Gasteiger partial charge in [0.05, 0.1) is 78.0 Å². The van der Waals surface area contributed by atoms with Crippen molar-refractivity contribution in [1.82, 2.24) is 0 Å². The lowest BCUT2D eigenvalue weighted by Crippen LogP contribution is -2.65. The Labute approximate surface area is 545 Å². The number of para-hydroxylation sites is 2. The normalized spacial score (nSPS) is 14.0. The molecule has 432 valence electrons. The highest BCUT2D eigenvalue weighted by Crippen LogP contribution is 2.66. The smallest absolute Gasteiger partial charge is 0.252 e. The molecule has 1 aromatic heterocycles. The Morgan fingerprint density at radius 3 is 0.914 bits per heavy atom. The van der Waals surface area contributed by atoms with E-state index in [1.165, 1.54) is 189 Å². The van der Waals surface area contributed by atoms with Crippen molar-refractivity contribution in [3.05, 3.63) is 291 Å². The largest absolute Gasteiger partial charge is 0.341 e. The summed E-state index contributed by atoms with van der Waals surface area (Å²) in [5, 5.41) is 0. The van der Waals surface area contributed by atoms with E-state index in [0.717, 1.165) is 0 Å². The van der Waals surface area contributed by atoms with E-state index < -0.39 is 0 Å². The van der Waals surface area contributed by atoms with Crippen LogP contribution >= 0.6 is 11.3 Å². The zero-order valence-corrected chi connectivity index (χ0v) is 51.8. The Kier molecular flexibility index (Phi) is 10.5. The quantitative estimate of drug-likeness (QED) is 0.153. The van der Waals surface area contributed by atoms with Crippen LogP contribution in [0.15, 0.2) is 291 Å². The van der Waals surface area contributed by atoms with Gasteiger partial charge in [-0.3, -0.25) is 0 Å². The first-order valence-corrected chi connectivity index (χ1v) is 33.1. The number of fused-ring (bicyclic) bond motifs is 15. The van der Waals surface area contributed by atoms with E-state index in [4.69, 9.17) is 0 Å². The van der Waals surface area contributed by atoms with Crippen LogP contribution in [0.1, 0.15) is 0 Å². The van der Waals surface area contributed by atoms with Gasteiger partial charge in [0.1, 0.15) is 0 Å². The minimum absolute atomic E-state index is 0.0996. The minimum Gasteiger partial charge on any atom is -0.341 e. The van der Waals surface area contributed by atoms with Crippen molar-refractivity contribution in [2.45, 2.75) is 0 Å². The van der Waals surface area contributed by atoms with Gasteiger partial charge in [-0.15, -0.1) is 11.3 Å². The van der Waals surface area contributed by atoms with Crippen LogP contribution < -0.4 is 62.2 Å². The molecule has 7 aliphatic heterocycles. The Morgan fingerprint density at radius 2 is 0.538 bits per heavy atom. The van der Waals surface area contributed by atoms with Crippen LogP contribution in [-0.4, -0.2) is 27.5 Å². The van der Waals surface area contributed by atoms with E-state index >= 15 is 0 Å². The van der Waals surface area contributed by atoms with Crippen LogP contribution in [0.2, 0.25) is 0 Å². The van der Waals surface area contributed by atoms with Crippen molar-refractivity contribution in [1.29, 1.82) is 0 Å². The van der Waals surface area contributed by atoms with Crippen molar-refractivity contribution < 1.29 is 0 Å². The highest BCUT2D eigenvalue weighted by atomic mass is 32.1. The number of hydrogen-bond donors (Lipinski definition) is 0. The number of anilines is 16. The summed E-state index contributed by atoms with van der Waals surface area (Å²) in [4.78, 5) is 18.2. The molecule has 6 nitrogen and oxygen atoms in total. The van der Waals surface area contributed by atoms with Gasteiger partial charge in [-0.05, 0) is 138 Å². The summed E-state index contributed by atoms with van der Waals surface area (Å²) in [6, 6.07) is 110. The van der Waals surface area contributed by atoms with Gasteiger partial charge in [0.15, 0.2) is 0 Å². The number of thiophene rings is 1. The van der Waals surface area contributed by atoms with E-state index in [-0.39, 0.29) is 13.4 Å². The number of rotatable bonds is 6. The first-order valence-electron chi connectivity index (χ1n) is 32.3. The Morgan fingerprint density at radius 1 is 0.226 bits per heavy atom. The van der Waals surface area contributed by atoms with Crippen molar-refractivity contribution in [2.24, 2.45) is 0 Å². The van der Waals surface area contributed by atoms with E-state index in [9.17, 15) is 0 Å². The molecule has 13 aromatic carbocycles. The molecule has 0 unspecified atom stereocenters. The predicted octanol–water partition coefficient (Wildman–Crippen LogP) is 18.4. The lowest BCUT2D eigenvalue weighted by Gasteiger charge is -2.53. The molecule has 0 radical (unpaired) electrons. The van der Waals surface area contributed by atoms with Gasteiger partial charge < -0.3 is 29.4 Å². The second-order valence-electron chi connectivity index (χ2n) is 25.6. The van der Waals surface area contributed by atoms with E-state index in [1.54, 1.807) is 0 Å². The molecule has 9 heteroatoms. The molecule has 0 N–H and O–H groups in total. The second-order valence-corrected chi connectivity index (χ2v) is 26.6. The molecule has 0 aliphatic carbocycles. The van der Waals surface area contributed by atoms with E-state index in [1.807, 2.05) is 11.3 Å². The monoisotopic (exact) mass is 1200 g/mol. The summed E-state index contributed by atoms with van der Waals surface area (Å²) in [5.41, 5.74) is 39.1. The molecule has 93 heavy (non-hydrogen) atoms. The molecule has 0 bridgehead atoms. The Balaban J connectivity index is 0.861. The van der Waals surface area contributed by atoms with Crippen LogP contribution in [0.25, 0.3) is 65.4 Å². The van der Waals surface area contributed by atoms with Crippen LogP contribution in [0.5, 0.6) is 0 Å². The van der Waals surface area contributed by atoms with Gasteiger partial charge in [0.25, 0.3) is 13.4 Å². The third kappa shape index (κ3) is 6.83. The third-order valence-electron chi connectivity index (χ3n) is 20.9. The number of hydrogen-bond acceptors (Lipinski definition) is 7. The maximum atomic E-state index is 2.74. The zero-order chi connectivity index (χ0) is 60.9. The summed E-state index contributed by atoms with van der Waals surface area (Å²) >= 11 is 1.92. The third-order valence-corrected chi connectivity index (χ3v) is 22.2.